The normalized spacial score (nSPS) is 20.0. The monoisotopic (exact) mass is 402 g/mol. The zero-order valence-electron chi connectivity index (χ0n) is 14.0. The molecule has 0 aliphatic carbocycles. The first-order valence-corrected chi connectivity index (χ1v) is 10.3. The van der Waals surface area contributed by atoms with E-state index in [2.05, 4.69) is 15.4 Å². The second-order valence-electron chi connectivity index (χ2n) is 6.27. The van der Waals surface area contributed by atoms with E-state index in [1.165, 1.54) is 11.0 Å². The number of carbonyl (C=O) groups excluding carboxylic acids is 2. The summed E-state index contributed by atoms with van der Waals surface area (Å²) in [6, 6.07) is 2.35. The van der Waals surface area contributed by atoms with Crippen LogP contribution in [0.1, 0.15) is 12.8 Å². The molecule has 11 heteroatoms. The Morgan fingerprint density at radius 2 is 2.19 bits per heavy atom. The number of anilines is 2. The number of piperidine rings is 1. The van der Waals surface area contributed by atoms with Crippen molar-refractivity contribution in [2.45, 2.75) is 18.9 Å². The molecule has 0 bridgehead atoms. The van der Waals surface area contributed by atoms with E-state index in [0.29, 0.717) is 36.5 Å². The van der Waals surface area contributed by atoms with Gasteiger partial charge in [0.05, 0.1) is 22.7 Å². The number of ether oxygens (including phenoxy) is 1. The van der Waals surface area contributed by atoms with Crippen molar-refractivity contribution in [3.8, 4) is 5.75 Å². The van der Waals surface area contributed by atoms with Crippen LogP contribution in [0.2, 0.25) is 5.02 Å². The van der Waals surface area contributed by atoms with Gasteiger partial charge in [0.15, 0.2) is 6.61 Å². The first-order valence-electron chi connectivity index (χ1n) is 8.01. The van der Waals surface area contributed by atoms with E-state index < -0.39 is 10.0 Å². The molecule has 1 saturated heterocycles. The quantitative estimate of drug-likeness (QED) is 0.702. The highest BCUT2D eigenvalue weighted by Gasteiger charge is 2.26. The third-order valence-corrected chi connectivity index (χ3v) is 5.11. The van der Waals surface area contributed by atoms with Gasteiger partial charge in [-0.05, 0) is 18.9 Å². The summed E-state index contributed by atoms with van der Waals surface area (Å²) in [7, 11) is -3.33. The number of urea groups is 1. The molecule has 142 valence electrons. The van der Waals surface area contributed by atoms with E-state index in [0.717, 1.165) is 6.26 Å². The van der Waals surface area contributed by atoms with Crippen LogP contribution in [0.15, 0.2) is 12.1 Å². The maximum Gasteiger partial charge on any atom is 0.321 e. The minimum Gasteiger partial charge on any atom is -0.482 e. The van der Waals surface area contributed by atoms with Gasteiger partial charge in [-0.25, -0.2) is 17.9 Å². The van der Waals surface area contributed by atoms with Crippen LogP contribution >= 0.6 is 11.6 Å². The molecule has 1 atom stereocenters. The summed E-state index contributed by atoms with van der Waals surface area (Å²) in [6.45, 7) is 0.684. The molecule has 0 saturated carbocycles. The fourth-order valence-electron chi connectivity index (χ4n) is 2.95. The zero-order valence-corrected chi connectivity index (χ0v) is 15.6. The summed E-state index contributed by atoms with van der Waals surface area (Å²) >= 11 is 6.18. The Morgan fingerprint density at radius 3 is 2.92 bits per heavy atom. The number of nitrogens with one attached hydrogen (secondary N) is 3. The molecule has 2 heterocycles. The van der Waals surface area contributed by atoms with Crippen molar-refractivity contribution in [1.82, 2.24) is 9.62 Å². The number of sulfonamides is 1. The van der Waals surface area contributed by atoms with Crippen molar-refractivity contribution in [1.29, 1.82) is 0 Å². The number of halogens is 1. The minimum absolute atomic E-state index is 0.104. The Labute approximate surface area is 156 Å². The van der Waals surface area contributed by atoms with Gasteiger partial charge in [0, 0.05) is 25.2 Å². The van der Waals surface area contributed by atoms with Gasteiger partial charge in [-0.1, -0.05) is 11.6 Å². The van der Waals surface area contributed by atoms with Gasteiger partial charge >= 0.3 is 6.03 Å². The summed E-state index contributed by atoms with van der Waals surface area (Å²) < 4.78 is 30.6. The maximum absolute atomic E-state index is 12.5. The van der Waals surface area contributed by atoms with Gasteiger partial charge in [-0.15, -0.1) is 0 Å². The number of nitrogens with zero attached hydrogens (tertiary/aromatic N) is 1. The average Bonchev–Trinajstić information content (AvgIpc) is 2.54. The first-order chi connectivity index (χ1) is 12.2. The van der Waals surface area contributed by atoms with Gasteiger partial charge < -0.3 is 20.3 Å². The lowest BCUT2D eigenvalue weighted by Crippen LogP contribution is -2.50. The molecule has 9 nitrogen and oxygen atoms in total. The summed E-state index contributed by atoms with van der Waals surface area (Å²) in [5.74, 6) is 0.141. The Morgan fingerprint density at radius 1 is 1.42 bits per heavy atom. The van der Waals surface area contributed by atoms with Gasteiger partial charge in [0.1, 0.15) is 5.75 Å². The van der Waals surface area contributed by atoms with Crippen molar-refractivity contribution in [2.24, 2.45) is 0 Å². The molecule has 2 aliphatic heterocycles. The second kappa shape index (κ2) is 7.29. The molecule has 0 radical (unpaired) electrons. The van der Waals surface area contributed by atoms with Gasteiger partial charge in [0.25, 0.3) is 5.91 Å². The molecule has 3 rings (SSSR count). The van der Waals surface area contributed by atoms with Gasteiger partial charge in [-0.3, -0.25) is 4.79 Å². The third-order valence-electron chi connectivity index (χ3n) is 4.03. The van der Waals surface area contributed by atoms with Crippen LogP contribution in [0, 0.1) is 0 Å². The van der Waals surface area contributed by atoms with E-state index in [1.807, 2.05) is 0 Å². The van der Waals surface area contributed by atoms with Crippen LogP contribution in [0.3, 0.4) is 0 Å². The Bertz CT molecular complexity index is 845. The largest absolute Gasteiger partial charge is 0.482 e. The van der Waals surface area contributed by atoms with Gasteiger partial charge in [-0.2, -0.15) is 0 Å². The molecule has 1 fully saturated rings. The number of benzene rings is 1. The van der Waals surface area contributed by atoms with Crippen LogP contribution in [-0.2, 0) is 14.8 Å². The van der Waals surface area contributed by atoms with Crippen molar-refractivity contribution in [3.63, 3.8) is 0 Å². The molecule has 1 aromatic rings. The fraction of sp³-hybridized carbons (Fsp3) is 0.467. The lowest BCUT2D eigenvalue weighted by molar-refractivity contribution is -0.118. The second-order valence-corrected chi connectivity index (χ2v) is 8.46. The highest BCUT2D eigenvalue weighted by molar-refractivity contribution is 7.88. The lowest BCUT2D eigenvalue weighted by atomic mass is 10.1. The summed E-state index contributed by atoms with van der Waals surface area (Å²) in [4.78, 5) is 25.4. The predicted molar refractivity (Wildman–Crippen MR) is 97.2 cm³/mol. The smallest absolute Gasteiger partial charge is 0.321 e. The fourth-order valence-corrected chi connectivity index (χ4v) is 3.96. The van der Waals surface area contributed by atoms with Crippen LogP contribution in [-0.4, -0.2) is 57.3 Å². The van der Waals surface area contributed by atoms with Gasteiger partial charge in [0.2, 0.25) is 10.0 Å². The molecular formula is C15H19ClN4O5S. The van der Waals surface area contributed by atoms with E-state index in [-0.39, 0.29) is 36.2 Å². The number of amides is 3. The molecule has 0 aromatic heterocycles. The number of hydrogen-bond acceptors (Lipinski definition) is 5. The summed E-state index contributed by atoms with van der Waals surface area (Å²) in [6.07, 6.45) is 2.45. The summed E-state index contributed by atoms with van der Waals surface area (Å²) in [5, 5.41) is 5.60. The number of hydrogen-bond donors (Lipinski definition) is 3. The molecule has 3 N–H and O–H groups in total. The van der Waals surface area contributed by atoms with E-state index in [1.54, 1.807) is 6.07 Å². The SMILES string of the molecule is CS(=O)(=O)NC1CCCN(C(=O)Nc2cc3c(cc2Cl)NC(=O)CO3)C1. The lowest BCUT2D eigenvalue weighted by Gasteiger charge is -2.33. The first kappa shape index (κ1) is 18.7. The van der Waals surface area contributed by atoms with Crippen LogP contribution in [0.25, 0.3) is 0 Å². The molecule has 26 heavy (non-hydrogen) atoms. The Balaban J connectivity index is 1.69. The van der Waals surface area contributed by atoms with E-state index in [4.69, 9.17) is 16.3 Å². The molecule has 3 amide bonds. The minimum atomic E-state index is -3.33. The highest BCUT2D eigenvalue weighted by Crippen LogP contribution is 2.36. The topological polar surface area (TPSA) is 117 Å². The van der Waals surface area contributed by atoms with Crippen LogP contribution < -0.4 is 20.1 Å². The van der Waals surface area contributed by atoms with E-state index >= 15 is 0 Å². The molecular weight excluding hydrogens is 384 g/mol. The summed E-state index contributed by atoms with van der Waals surface area (Å²) in [5.41, 5.74) is 0.796. The molecule has 0 spiro atoms. The van der Waals surface area contributed by atoms with Crippen molar-refractivity contribution in [2.75, 3.05) is 36.6 Å². The van der Waals surface area contributed by atoms with Crippen molar-refractivity contribution >= 4 is 44.9 Å². The number of carbonyl (C=O) groups is 2. The van der Waals surface area contributed by atoms with Crippen LogP contribution in [0.4, 0.5) is 16.2 Å². The average molecular weight is 403 g/mol. The molecule has 2 aliphatic rings. The van der Waals surface area contributed by atoms with Crippen molar-refractivity contribution in [3.05, 3.63) is 17.2 Å². The highest BCUT2D eigenvalue weighted by atomic mass is 35.5. The van der Waals surface area contributed by atoms with Crippen molar-refractivity contribution < 1.29 is 22.7 Å². The van der Waals surface area contributed by atoms with Crippen LogP contribution in [0.5, 0.6) is 5.75 Å². The maximum atomic E-state index is 12.5. The third kappa shape index (κ3) is 4.57. The Hall–Kier alpha value is -2.04. The van der Waals surface area contributed by atoms with E-state index in [9.17, 15) is 18.0 Å². The molecule has 1 aromatic carbocycles. The number of likely N-dealkylation sites (tertiary alicyclic amines) is 1. The number of rotatable bonds is 3. The number of fused-ring (bicyclic) bond motifs is 1. The Kier molecular flexibility index (Phi) is 5.26. The zero-order chi connectivity index (χ0) is 18.9. The molecule has 1 unspecified atom stereocenters. The standard InChI is InChI=1S/C15H19ClN4O5S/c1-26(23,24)19-9-3-2-4-20(7-9)15(22)18-11-6-13-12(5-10(11)16)17-14(21)8-25-13/h5-6,9,19H,2-4,7-8H2,1H3,(H,17,21)(H,18,22). The predicted octanol–water partition coefficient (Wildman–Crippen LogP) is 1.22.